The first-order valence-electron chi connectivity index (χ1n) is 9.33. The van der Waals surface area contributed by atoms with Gasteiger partial charge in [-0.3, -0.25) is 9.59 Å². The summed E-state index contributed by atoms with van der Waals surface area (Å²) in [4.78, 5) is 26.8. The third kappa shape index (κ3) is 5.55. The molecule has 0 unspecified atom stereocenters. The van der Waals surface area contributed by atoms with Crippen LogP contribution in [0.3, 0.4) is 0 Å². The molecule has 3 rings (SSSR count). The van der Waals surface area contributed by atoms with Gasteiger partial charge in [0.05, 0.1) is 26.2 Å². The highest BCUT2D eigenvalue weighted by molar-refractivity contribution is 5.97. The molecule has 0 aliphatic carbocycles. The van der Waals surface area contributed by atoms with E-state index < -0.39 is 18.6 Å². The lowest BCUT2D eigenvalue weighted by Gasteiger charge is -2.29. The Kier molecular flexibility index (Phi) is 7.00. The summed E-state index contributed by atoms with van der Waals surface area (Å²) in [7, 11) is 0. The lowest BCUT2D eigenvalue weighted by molar-refractivity contribution is -0.126. The van der Waals surface area contributed by atoms with Crippen molar-refractivity contribution in [3.63, 3.8) is 0 Å². The van der Waals surface area contributed by atoms with Gasteiger partial charge in [0.15, 0.2) is 0 Å². The smallest absolute Gasteiger partial charge is 0.249 e. The van der Waals surface area contributed by atoms with E-state index in [0.29, 0.717) is 18.9 Å². The minimum atomic E-state index is -1.00. The van der Waals surface area contributed by atoms with Crippen LogP contribution in [0.4, 0.5) is 11.4 Å². The second kappa shape index (κ2) is 9.87. The van der Waals surface area contributed by atoms with Crippen molar-refractivity contribution < 1.29 is 19.4 Å². The minimum absolute atomic E-state index is 0.152. The SMILES string of the molecule is O=C(Cc1ccccc1)N[C@@H](CO)C(=O)Nc1ccc(N2CCOCC2)cc1. The predicted octanol–water partition coefficient (Wildman–Crippen LogP) is 1.18. The molecule has 1 fully saturated rings. The summed E-state index contributed by atoms with van der Waals surface area (Å²) < 4.78 is 5.35. The molecular formula is C21H25N3O4. The Morgan fingerprint density at radius 1 is 1.04 bits per heavy atom. The first-order chi connectivity index (χ1) is 13.7. The molecular weight excluding hydrogens is 358 g/mol. The summed E-state index contributed by atoms with van der Waals surface area (Å²) in [5.74, 6) is -0.772. The molecule has 1 aliphatic rings. The number of hydrogen-bond donors (Lipinski definition) is 3. The Hall–Kier alpha value is -2.90. The largest absolute Gasteiger partial charge is 0.394 e. The number of carbonyl (C=O) groups excluding carboxylic acids is 2. The van der Waals surface area contributed by atoms with Crippen molar-refractivity contribution in [1.82, 2.24) is 5.32 Å². The highest BCUT2D eigenvalue weighted by Gasteiger charge is 2.20. The van der Waals surface area contributed by atoms with Crippen molar-refractivity contribution in [2.45, 2.75) is 12.5 Å². The van der Waals surface area contributed by atoms with Gasteiger partial charge in [0.2, 0.25) is 11.8 Å². The molecule has 7 nitrogen and oxygen atoms in total. The monoisotopic (exact) mass is 383 g/mol. The molecule has 2 amide bonds. The van der Waals surface area contributed by atoms with Gasteiger partial charge < -0.3 is 25.4 Å². The van der Waals surface area contributed by atoms with E-state index in [2.05, 4.69) is 15.5 Å². The van der Waals surface area contributed by atoms with Crippen molar-refractivity contribution >= 4 is 23.2 Å². The summed E-state index contributed by atoms with van der Waals surface area (Å²) in [6.45, 7) is 2.62. The molecule has 1 heterocycles. The first-order valence-corrected chi connectivity index (χ1v) is 9.33. The number of ether oxygens (including phenoxy) is 1. The van der Waals surface area contributed by atoms with Gasteiger partial charge in [-0.15, -0.1) is 0 Å². The number of aliphatic hydroxyl groups is 1. The zero-order valence-electron chi connectivity index (χ0n) is 15.6. The molecule has 7 heteroatoms. The first kappa shape index (κ1) is 19.9. The Balaban J connectivity index is 1.53. The molecule has 0 aromatic heterocycles. The highest BCUT2D eigenvalue weighted by atomic mass is 16.5. The number of nitrogens with zero attached hydrogens (tertiary/aromatic N) is 1. The molecule has 2 aromatic carbocycles. The summed E-state index contributed by atoms with van der Waals surface area (Å²) in [6.07, 6.45) is 0.152. The molecule has 28 heavy (non-hydrogen) atoms. The van der Waals surface area contributed by atoms with Crippen LogP contribution in [0.5, 0.6) is 0 Å². The van der Waals surface area contributed by atoms with Crippen LogP contribution in [-0.4, -0.2) is 55.9 Å². The van der Waals surface area contributed by atoms with Crippen LogP contribution in [0, 0.1) is 0 Å². The van der Waals surface area contributed by atoms with Gasteiger partial charge in [-0.2, -0.15) is 0 Å². The number of morpholine rings is 1. The summed E-state index contributed by atoms with van der Waals surface area (Å²) >= 11 is 0. The Bertz CT molecular complexity index is 774. The van der Waals surface area contributed by atoms with Crippen LogP contribution in [-0.2, 0) is 20.7 Å². The fourth-order valence-electron chi connectivity index (χ4n) is 3.03. The third-order valence-corrected chi connectivity index (χ3v) is 4.55. The standard InChI is InChI=1S/C21H25N3O4/c25-15-19(23-20(26)14-16-4-2-1-3-5-16)21(27)22-17-6-8-18(9-7-17)24-10-12-28-13-11-24/h1-9,19,25H,10-15H2,(H,22,27)(H,23,26)/t19-/m0/s1. The number of amides is 2. The number of nitrogens with one attached hydrogen (secondary N) is 2. The molecule has 0 radical (unpaired) electrons. The van der Waals surface area contributed by atoms with Gasteiger partial charge >= 0.3 is 0 Å². The minimum Gasteiger partial charge on any atom is -0.394 e. The highest BCUT2D eigenvalue weighted by Crippen LogP contribution is 2.19. The maximum Gasteiger partial charge on any atom is 0.249 e. The fraction of sp³-hybridized carbons (Fsp3) is 0.333. The van der Waals surface area contributed by atoms with Gasteiger partial charge in [-0.05, 0) is 29.8 Å². The molecule has 2 aromatic rings. The second-order valence-corrected chi connectivity index (χ2v) is 6.60. The molecule has 1 aliphatic heterocycles. The van der Waals surface area contributed by atoms with E-state index in [1.807, 2.05) is 54.6 Å². The lowest BCUT2D eigenvalue weighted by Crippen LogP contribution is -2.46. The van der Waals surface area contributed by atoms with Gasteiger partial charge in [0.25, 0.3) is 0 Å². The molecule has 0 bridgehead atoms. The van der Waals surface area contributed by atoms with Gasteiger partial charge in [0.1, 0.15) is 6.04 Å². The number of aliphatic hydroxyl groups excluding tert-OH is 1. The van der Waals surface area contributed by atoms with Crippen LogP contribution >= 0.6 is 0 Å². The van der Waals surface area contributed by atoms with Gasteiger partial charge in [0, 0.05) is 24.5 Å². The summed E-state index contributed by atoms with van der Waals surface area (Å²) in [6, 6.07) is 15.7. The average molecular weight is 383 g/mol. The number of carbonyl (C=O) groups is 2. The summed E-state index contributed by atoms with van der Waals surface area (Å²) in [5, 5.41) is 14.8. The van der Waals surface area contributed by atoms with Crippen molar-refractivity contribution in [2.75, 3.05) is 43.1 Å². The van der Waals surface area contributed by atoms with Crippen LogP contribution in [0.1, 0.15) is 5.56 Å². The fourth-order valence-corrected chi connectivity index (χ4v) is 3.03. The molecule has 148 valence electrons. The lowest BCUT2D eigenvalue weighted by atomic mass is 10.1. The van der Waals surface area contributed by atoms with Crippen LogP contribution in [0.2, 0.25) is 0 Å². The van der Waals surface area contributed by atoms with E-state index in [4.69, 9.17) is 4.74 Å². The Morgan fingerprint density at radius 3 is 2.36 bits per heavy atom. The van der Waals surface area contributed by atoms with Crippen molar-refractivity contribution in [3.8, 4) is 0 Å². The summed E-state index contributed by atoms with van der Waals surface area (Å²) in [5.41, 5.74) is 2.52. The molecule has 1 saturated heterocycles. The molecule has 1 atom stereocenters. The van der Waals surface area contributed by atoms with Gasteiger partial charge in [-0.25, -0.2) is 0 Å². The maximum absolute atomic E-state index is 12.4. The van der Waals surface area contributed by atoms with E-state index in [9.17, 15) is 14.7 Å². The predicted molar refractivity (Wildman–Crippen MR) is 107 cm³/mol. The Morgan fingerprint density at radius 2 is 1.71 bits per heavy atom. The molecule has 0 spiro atoms. The van der Waals surface area contributed by atoms with Crippen molar-refractivity contribution in [3.05, 3.63) is 60.2 Å². The topological polar surface area (TPSA) is 90.9 Å². The number of rotatable bonds is 7. The van der Waals surface area contributed by atoms with E-state index in [1.54, 1.807) is 0 Å². The number of hydrogen-bond acceptors (Lipinski definition) is 5. The zero-order chi connectivity index (χ0) is 19.8. The van der Waals surface area contributed by atoms with Crippen LogP contribution in [0.25, 0.3) is 0 Å². The molecule has 3 N–H and O–H groups in total. The molecule has 0 saturated carbocycles. The number of benzene rings is 2. The Labute approximate surface area is 164 Å². The van der Waals surface area contributed by atoms with Crippen LogP contribution in [0.15, 0.2) is 54.6 Å². The van der Waals surface area contributed by atoms with Crippen molar-refractivity contribution in [2.24, 2.45) is 0 Å². The van der Waals surface area contributed by atoms with E-state index in [1.165, 1.54) is 0 Å². The van der Waals surface area contributed by atoms with Gasteiger partial charge in [-0.1, -0.05) is 30.3 Å². The van der Waals surface area contributed by atoms with Crippen molar-refractivity contribution in [1.29, 1.82) is 0 Å². The normalized spacial score (nSPS) is 15.0. The average Bonchev–Trinajstić information content (AvgIpc) is 2.74. The number of anilines is 2. The van der Waals surface area contributed by atoms with E-state index in [0.717, 1.165) is 24.3 Å². The quantitative estimate of drug-likeness (QED) is 0.668. The van der Waals surface area contributed by atoms with E-state index >= 15 is 0 Å². The zero-order valence-corrected chi connectivity index (χ0v) is 15.6. The second-order valence-electron chi connectivity index (χ2n) is 6.60. The van der Waals surface area contributed by atoms with Crippen LogP contribution < -0.4 is 15.5 Å². The van der Waals surface area contributed by atoms with E-state index in [-0.39, 0.29) is 12.3 Å². The third-order valence-electron chi connectivity index (χ3n) is 4.55. The maximum atomic E-state index is 12.4.